The number of hydrogen-bond acceptors (Lipinski definition) is 2. The van der Waals surface area contributed by atoms with E-state index in [9.17, 15) is 5.11 Å². The standard InChI is InChI=1S/C7H13BrO2.Li/c1-2-10-7(9)5-3-4-6-8;/h5,9H,2-4,6H2,1H3;/q;+1/p-1/b7-5+;. The first-order chi connectivity index (χ1) is 4.81. The Morgan fingerprint density at radius 2 is 2.27 bits per heavy atom. The number of halogens is 1. The van der Waals surface area contributed by atoms with E-state index in [0.29, 0.717) is 6.61 Å². The van der Waals surface area contributed by atoms with E-state index in [1.807, 2.05) is 0 Å². The molecule has 0 saturated carbocycles. The first-order valence-corrected chi connectivity index (χ1v) is 4.49. The second-order valence-corrected chi connectivity index (χ2v) is 2.58. The van der Waals surface area contributed by atoms with E-state index in [2.05, 4.69) is 20.7 Å². The van der Waals surface area contributed by atoms with Crippen LogP contribution in [0.1, 0.15) is 19.8 Å². The maximum Gasteiger partial charge on any atom is 1.00 e. The molecule has 0 aromatic rings. The SMILES string of the molecule is CCO/C([O-])=C/CCCBr.[Li+]. The van der Waals surface area contributed by atoms with Gasteiger partial charge in [-0.1, -0.05) is 28.9 Å². The zero-order valence-electron chi connectivity index (χ0n) is 7.10. The van der Waals surface area contributed by atoms with Crippen LogP contribution in [0.5, 0.6) is 0 Å². The molecule has 0 saturated heterocycles. The van der Waals surface area contributed by atoms with Gasteiger partial charge in [-0.25, -0.2) is 0 Å². The Morgan fingerprint density at radius 3 is 2.73 bits per heavy atom. The van der Waals surface area contributed by atoms with E-state index >= 15 is 0 Å². The summed E-state index contributed by atoms with van der Waals surface area (Å²) in [5.74, 6) is -0.205. The summed E-state index contributed by atoms with van der Waals surface area (Å²) >= 11 is 3.27. The van der Waals surface area contributed by atoms with E-state index in [1.54, 1.807) is 13.0 Å². The van der Waals surface area contributed by atoms with Crippen LogP contribution in [-0.4, -0.2) is 11.9 Å². The molecule has 0 amide bonds. The third-order valence-electron chi connectivity index (χ3n) is 0.935. The predicted molar refractivity (Wildman–Crippen MR) is 42.7 cm³/mol. The van der Waals surface area contributed by atoms with E-state index in [4.69, 9.17) is 0 Å². The number of unbranched alkanes of at least 4 members (excludes halogenated alkanes) is 1. The van der Waals surface area contributed by atoms with Crippen LogP contribution in [0.4, 0.5) is 0 Å². The molecule has 0 aromatic heterocycles. The summed E-state index contributed by atoms with van der Waals surface area (Å²) in [4.78, 5) is 0. The Morgan fingerprint density at radius 1 is 1.64 bits per heavy atom. The molecule has 0 atom stereocenters. The maximum atomic E-state index is 10.6. The van der Waals surface area contributed by atoms with Crippen LogP contribution in [-0.2, 0) is 4.74 Å². The van der Waals surface area contributed by atoms with Gasteiger partial charge in [0.25, 0.3) is 0 Å². The quantitative estimate of drug-likeness (QED) is 0.239. The Hall–Kier alpha value is 0.417. The molecule has 0 fully saturated rings. The van der Waals surface area contributed by atoms with Crippen LogP contribution in [0.3, 0.4) is 0 Å². The molecule has 0 rings (SSSR count). The molecule has 0 aromatic carbocycles. The van der Waals surface area contributed by atoms with Crippen molar-refractivity contribution >= 4 is 15.9 Å². The van der Waals surface area contributed by atoms with Crippen molar-refractivity contribution in [1.82, 2.24) is 0 Å². The number of allylic oxidation sites excluding steroid dienone is 1. The van der Waals surface area contributed by atoms with Gasteiger partial charge in [-0.3, -0.25) is 0 Å². The number of rotatable bonds is 5. The number of alkyl halides is 1. The third kappa shape index (κ3) is 10.4. The second-order valence-electron chi connectivity index (χ2n) is 1.79. The van der Waals surface area contributed by atoms with Gasteiger partial charge in [0.1, 0.15) is 0 Å². The fourth-order valence-corrected chi connectivity index (χ4v) is 0.822. The van der Waals surface area contributed by atoms with Gasteiger partial charge >= 0.3 is 18.9 Å². The zero-order chi connectivity index (χ0) is 7.82. The van der Waals surface area contributed by atoms with Crippen molar-refractivity contribution in [3.05, 3.63) is 12.0 Å². The Balaban J connectivity index is 0. The maximum absolute atomic E-state index is 10.6. The molecule has 0 bridgehead atoms. The molecule has 0 aliphatic heterocycles. The minimum atomic E-state index is -0.205. The zero-order valence-corrected chi connectivity index (χ0v) is 8.69. The van der Waals surface area contributed by atoms with Gasteiger partial charge in [0.2, 0.25) is 0 Å². The average Bonchev–Trinajstić information content (AvgIpc) is 1.89. The van der Waals surface area contributed by atoms with Crippen LogP contribution in [0.2, 0.25) is 0 Å². The largest absolute Gasteiger partial charge is 1.00 e. The molecule has 0 aliphatic carbocycles. The van der Waals surface area contributed by atoms with E-state index in [0.717, 1.165) is 18.2 Å². The number of ether oxygens (including phenoxy) is 1. The first-order valence-electron chi connectivity index (χ1n) is 3.37. The summed E-state index contributed by atoms with van der Waals surface area (Å²) in [7, 11) is 0. The molecule has 0 radical (unpaired) electrons. The molecule has 0 aliphatic rings. The summed E-state index contributed by atoms with van der Waals surface area (Å²) in [5.41, 5.74) is 0. The number of hydrogen-bond donors (Lipinski definition) is 0. The second kappa shape index (κ2) is 10.4. The van der Waals surface area contributed by atoms with E-state index in [-0.39, 0.29) is 24.8 Å². The molecule has 0 heterocycles. The van der Waals surface area contributed by atoms with Crippen molar-refractivity contribution in [1.29, 1.82) is 0 Å². The van der Waals surface area contributed by atoms with Gasteiger partial charge in [0.15, 0.2) is 0 Å². The van der Waals surface area contributed by atoms with Crippen molar-refractivity contribution < 1.29 is 28.7 Å². The molecule has 11 heavy (non-hydrogen) atoms. The van der Waals surface area contributed by atoms with Gasteiger partial charge in [0.05, 0.1) is 0 Å². The smallest absolute Gasteiger partial charge is 0.614 e. The van der Waals surface area contributed by atoms with Crippen molar-refractivity contribution in [2.24, 2.45) is 0 Å². The fraction of sp³-hybridized carbons (Fsp3) is 0.714. The molecule has 0 N–H and O–H groups in total. The van der Waals surface area contributed by atoms with Crippen molar-refractivity contribution in [2.75, 3.05) is 11.9 Å². The topological polar surface area (TPSA) is 32.3 Å². The first kappa shape index (κ1) is 14.0. The van der Waals surface area contributed by atoms with Crippen LogP contribution >= 0.6 is 15.9 Å². The van der Waals surface area contributed by atoms with Crippen molar-refractivity contribution in [3.8, 4) is 0 Å². The normalized spacial score (nSPS) is 10.5. The van der Waals surface area contributed by atoms with Gasteiger partial charge in [-0.15, -0.1) is 0 Å². The molecular formula is C7H12BrLiO2. The fourth-order valence-electron chi connectivity index (χ4n) is 0.498. The monoisotopic (exact) mass is 214 g/mol. The average molecular weight is 215 g/mol. The summed E-state index contributed by atoms with van der Waals surface area (Å²) in [6.45, 7) is 2.26. The van der Waals surface area contributed by atoms with Crippen LogP contribution < -0.4 is 24.0 Å². The predicted octanol–water partition coefficient (Wildman–Crippen LogP) is -1.60. The van der Waals surface area contributed by atoms with Crippen LogP contribution in [0.25, 0.3) is 0 Å². The molecule has 0 unspecified atom stereocenters. The van der Waals surface area contributed by atoms with Gasteiger partial charge in [0, 0.05) is 11.3 Å². The summed E-state index contributed by atoms with van der Waals surface area (Å²) in [6.07, 6.45) is 3.35. The van der Waals surface area contributed by atoms with E-state index in [1.165, 1.54) is 0 Å². The van der Waals surface area contributed by atoms with Crippen LogP contribution in [0.15, 0.2) is 12.0 Å². The van der Waals surface area contributed by atoms with Gasteiger partial charge in [-0.2, -0.15) is 0 Å². The molecule has 4 heteroatoms. The van der Waals surface area contributed by atoms with Gasteiger partial charge < -0.3 is 9.84 Å². The minimum Gasteiger partial charge on any atom is -0.614 e. The minimum absolute atomic E-state index is 0. The summed E-state index contributed by atoms with van der Waals surface area (Å²) in [6, 6.07) is 0. The summed E-state index contributed by atoms with van der Waals surface area (Å²) in [5, 5.41) is 11.6. The van der Waals surface area contributed by atoms with Crippen molar-refractivity contribution in [3.63, 3.8) is 0 Å². The molecule has 60 valence electrons. The van der Waals surface area contributed by atoms with Gasteiger partial charge in [-0.05, 0) is 19.4 Å². The Labute approximate surface area is 88.3 Å². The third-order valence-corrected chi connectivity index (χ3v) is 1.50. The van der Waals surface area contributed by atoms with E-state index < -0.39 is 0 Å². The van der Waals surface area contributed by atoms with Crippen molar-refractivity contribution in [2.45, 2.75) is 19.8 Å². The summed E-state index contributed by atoms with van der Waals surface area (Å²) < 4.78 is 4.68. The van der Waals surface area contributed by atoms with Crippen LogP contribution in [0, 0.1) is 0 Å². The Kier molecular flexibility index (Phi) is 13.2. The molecular weight excluding hydrogens is 203 g/mol. The Bertz CT molecular complexity index is 107. The molecule has 0 spiro atoms. The molecule has 2 nitrogen and oxygen atoms in total.